The maximum atomic E-state index is 13.1. The Labute approximate surface area is 131 Å². The van der Waals surface area contributed by atoms with Crippen LogP contribution in [0.3, 0.4) is 0 Å². The standard InChI is InChI=1S/C18H18NO2S/c1-18(2,3)17-13-14-9-7-8-12-16(14)19(17)22(20,21)15-10-5-4-6-11-15/h4-12H,1-3H3. The van der Waals surface area contributed by atoms with Gasteiger partial charge in [0.15, 0.2) is 0 Å². The highest BCUT2D eigenvalue weighted by Gasteiger charge is 2.28. The third-order valence-corrected chi connectivity index (χ3v) is 5.30. The van der Waals surface area contributed by atoms with Gasteiger partial charge in [0.25, 0.3) is 10.0 Å². The first-order chi connectivity index (χ1) is 10.3. The minimum atomic E-state index is -3.65. The second-order valence-corrected chi connectivity index (χ2v) is 8.11. The van der Waals surface area contributed by atoms with E-state index in [1.807, 2.05) is 51.1 Å². The molecule has 0 bridgehead atoms. The number of aromatic nitrogens is 1. The fraction of sp³-hybridized carbons (Fsp3) is 0.222. The molecular weight excluding hydrogens is 294 g/mol. The van der Waals surface area contributed by atoms with Gasteiger partial charge in [-0.05, 0) is 18.2 Å². The number of hydrogen-bond donors (Lipinski definition) is 0. The van der Waals surface area contributed by atoms with Crippen molar-refractivity contribution in [3.05, 3.63) is 66.4 Å². The molecule has 1 radical (unpaired) electrons. The quantitative estimate of drug-likeness (QED) is 0.718. The molecule has 0 aliphatic heterocycles. The molecule has 2 aromatic carbocycles. The van der Waals surface area contributed by atoms with Crippen molar-refractivity contribution >= 4 is 20.9 Å². The van der Waals surface area contributed by atoms with Crippen molar-refractivity contribution in [1.29, 1.82) is 0 Å². The Kier molecular flexibility index (Phi) is 3.37. The minimum absolute atomic E-state index is 0.287. The molecule has 0 aliphatic carbocycles. The molecule has 0 amide bonds. The van der Waals surface area contributed by atoms with Crippen LogP contribution >= 0.6 is 0 Å². The van der Waals surface area contributed by atoms with Gasteiger partial charge >= 0.3 is 0 Å². The second-order valence-electron chi connectivity index (χ2n) is 6.32. The Bertz CT molecular complexity index is 917. The van der Waals surface area contributed by atoms with Gasteiger partial charge in [0.2, 0.25) is 0 Å². The van der Waals surface area contributed by atoms with Gasteiger partial charge in [0.1, 0.15) is 0 Å². The fourth-order valence-corrected chi connectivity index (χ4v) is 4.18. The number of fused-ring (bicyclic) bond motifs is 1. The third-order valence-electron chi connectivity index (χ3n) is 3.57. The molecular formula is C18H18NO2S. The average molecular weight is 312 g/mol. The Morgan fingerprint density at radius 2 is 1.50 bits per heavy atom. The molecule has 22 heavy (non-hydrogen) atoms. The molecule has 0 unspecified atom stereocenters. The first-order valence-electron chi connectivity index (χ1n) is 7.16. The summed E-state index contributed by atoms with van der Waals surface area (Å²) in [6.45, 7) is 5.98. The summed E-state index contributed by atoms with van der Waals surface area (Å²) in [5.41, 5.74) is 0.995. The molecule has 113 valence electrons. The predicted molar refractivity (Wildman–Crippen MR) is 88.5 cm³/mol. The Morgan fingerprint density at radius 1 is 0.909 bits per heavy atom. The molecule has 0 spiro atoms. The fourth-order valence-electron chi connectivity index (χ4n) is 2.49. The Hall–Kier alpha value is -2.07. The van der Waals surface area contributed by atoms with E-state index in [2.05, 4.69) is 6.07 Å². The zero-order chi connectivity index (χ0) is 16.0. The molecule has 3 nitrogen and oxygen atoms in total. The van der Waals surface area contributed by atoms with E-state index in [-0.39, 0.29) is 10.3 Å². The largest absolute Gasteiger partial charge is 0.268 e. The summed E-state index contributed by atoms with van der Waals surface area (Å²) in [6, 6.07) is 19.2. The highest BCUT2D eigenvalue weighted by molar-refractivity contribution is 7.90. The van der Waals surface area contributed by atoms with E-state index < -0.39 is 10.0 Å². The van der Waals surface area contributed by atoms with E-state index in [9.17, 15) is 8.42 Å². The van der Waals surface area contributed by atoms with E-state index in [4.69, 9.17) is 0 Å². The summed E-state index contributed by atoms with van der Waals surface area (Å²) in [5.74, 6) is 0. The predicted octanol–water partition coefficient (Wildman–Crippen LogP) is 3.98. The molecule has 3 rings (SSSR count). The van der Waals surface area contributed by atoms with E-state index in [0.717, 1.165) is 5.39 Å². The van der Waals surface area contributed by atoms with Crippen LogP contribution in [0.4, 0.5) is 0 Å². The van der Waals surface area contributed by atoms with Crippen LogP contribution in [-0.2, 0) is 15.4 Å². The third kappa shape index (κ3) is 2.33. The van der Waals surface area contributed by atoms with Crippen LogP contribution in [-0.4, -0.2) is 12.4 Å². The van der Waals surface area contributed by atoms with Crippen molar-refractivity contribution in [3.63, 3.8) is 0 Å². The van der Waals surface area contributed by atoms with Crippen molar-refractivity contribution in [2.45, 2.75) is 31.1 Å². The van der Waals surface area contributed by atoms with Gasteiger partial charge in [-0.15, -0.1) is 0 Å². The van der Waals surface area contributed by atoms with Gasteiger partial charge in [0, 0.05) is 22.6 Å². The van der Waals surface area contributed by atoms with Crippen LogP contribution in [0.25, 0.3) is 10.9 Å². The lowest BCUT2D eigenvalue weighted by atomic mass is 9.92. The molecule has 4 heteroatoms. The summed E-state index contributed by atoms with van der Waals surface area (Å²) in [5, 5.41) is 0.812. The number of rotatable bonds is 2. The van der Waals surface area contributed by atoms with Crippen molar-refractivity contribution in [3.8, 4) is 0 Å². The first-order valence-corrected chi connectivity index (χ1v) is 8.60. The van der Waals surface area contributed by atoms with Crippen LogP contribution in [0.15, 0.2) is 59.5 Å². The maximum absolute atomic E-state index is 13.1. The molecule has 3 aromatic rings. The second kappa shape index (κ2) is 4.99. The van der Waals surface area contributed by atoms with Crippen LogP contribution < -0.4 is 0 Å². The maximum Gasteiger partial charge on any atom is 0.268 e. The van der Waals surface area contributed by atoms with Crippen molar-refractivity contribution in [2.75, 3.05) is 0 Å². The molecule has 1 heterocycles. The van der Waals surface area contributed by atoms with E-state index >= 15 is 0 Å². The highest BCUT2D eigenvalue weighted by Crippen LogP contribution is 2.32. The monoisotopic (exact) mass is 312 g/mol. The van der Waals surface area contributed by atoms with E-state index in [0.29, 0.717) is 11.2 Å². The summed E-state index contributed by atoms with van der Waals surface area (Å²) in [6.07, 6.45) is 0. The molecule has 0 aliphatic rings. The van der Waals surface area contributed by atoms with Crippen LogP contribution in [0.1, 0.15) is 26.5 Å². The van der Waals surface area contributed by atoms with Gasteiger partial charge in [0.05, 0.1) is 10.4 Å². The van der Waals surface area contributed by atoms with Crippen LogP contribution in [0, 0.1) is 6.07 Å². The molecule has 0 saturated carbocycles. The van der Waals surface area contributed by atoms with Crippen LogP contribution in [0.2, 0.25) is 0 Å². The lowest BCUT2D eigenvalue weighted by molar-refractivity contribution is 0.546. The number of hydrogen-bond acceptors (Lipinski definition) is 2. The molecule has 0 N–H and O–H groups in total. The zero-order valence-corrected chi connectivity index (χ0v) is 13.7. The topological polar surface area (TPSA) is 39.1 Å². The summed E-state index contributed by atoms with van der Waals surface area (Å²) < 4.78 is 27.7. The van der Waals surface area contributed by atoms with Gasteiger partial charge in [-0.3, -0.25) is 0 Å². The molecule has 1 aromatic heterocycles. The van der Waals surface area contributed by atoms with Gasteiger partial charge in [-0.25, -0.2) is 12.4 Å². The normalized spacial score (nSPS) is 12.7. The van der Waals surface area contributed by atoms with Gasteiger partial charge in [-0.2, -0.15) is 0 Å². The summed E-state index contributed by atoms with van der Waals surface area (Å²) in [7, 11) is -3.65. The number of benzene rings is 2. The van der Waals surface area contributed by atoms with Gasteiger partial charge in [-0.1, -0.05) is 57.2 Å². The molecule has 0 saturated heterocycles. The summed E-state index contributed by atoms with van der Waals surface area (Å²) >= 11 is 0. The lowest BCUT2D eigenvalue weighted by Gasteiger charge is -2.21. The highest BCUT2D eigenvalue weighted by atomic mass is 32.2. The smallest absolute Gasteiger partial charge is 0.237 e. The van der Waals surface area contributed by atoms with Crippen LogP contribution in [0.5, 0.6) is 0 Å². The lowest BCUT2D eigenvalue weighted by Crippen LogP contribution is -2.23. The minimum Gasteiger partial charge on any atom is -0.237 e. The van der Waals surface area contributed by atoms with E-state index in [1.165, 1.54) is 3.97 Å². The average Bonchev–Trinajstić information content (AvgIpc) is 2.88. The Balaban J connectivity index is 2.39. The summed E-state index contributed by atoms with van der Waals surface area (Å²) in [4.78, 5) is 0.287. The number of nitrogens with zero attached hydrogens (tertiary/aromatic N) is 1. The van der Waals surface area contributed by atoms with E-state index in [1.54, 1.807) is 24.3 Å². The molecule has 0 atom stereocenters. The first kappa shape index (κ1) is 14.9. The Morgan fingerprint density at radius 3 is 2.14 bits per heavy atom. The SMILES string of the molecule is CC(C)(C)c1[c]c2ccccc2n1S(=O)(=O)c1ccccc1. The van der Waals surface area contributed by atoms with Crippen molar-refractivity contribution in [2.24, 2.45) is 0 Å². The number of para-hydroxylation sites is 1. The van der Waals surface area contributed by atoms with Crippen molar-refractivity contribution < 1.29 is 8.42 Å². The van der Waals surface area contributed by atoms with Crippen molar-refractivity contribution in [1.82, 2.24) is 3.97 Å². The zero-order valence-electron chi connectivity index (χ0n) is 12.9. The molecule has 0 fully saturated rings. The van der Waals surface area contributed by atoms with Gasteiger partial charge < -0.3 is 0 Å².